The smallest absolute Gasteiger partial charge is 0.187 e. The summed E-state index contributed by atoms with van der Waals surface area (Å²) in [7, 11) is 0. The van der Waals surface area contributed by atoms with Gasteiger partial charge in [-0.05, 0) is 31.2 Å². The third kappa shape index (κ3) is 16.9. The summed E-state index contributed by atoms with van der Waals surface area (Å²) < 4.78 is -1.08. The van der Waals surface area contributed by atoms with Gasteiger partial charge in [0, 0.05) is 0 Å². The summed E-state index contributed by atoms with van der Waals surface area (Å²) in [5.41, 5.74) is 0. The molecule has 2 nitrogen and oxygen atoms in total. The van der Waals surface area contributed by atoms with Crippen LogP contribution in [0.25, 0.3) is 0 Å². The first-order valence-corrected chi connectivity index (χ1v) is 6.47. The molecule has 0 aliphatic heterocycles. The zero-order valence-electron chi connectivity index (χ0n) is 10.3. The van der Waals surface area contributed by atoms with E-state index >= 15 is 0 Å². The van der Waals surface area contributed by atoms with Gasteiger partial charge in [0.25, 0.3) is 0 Å². The molecule has 0 amide bonds. The van der Waals surface area contributed by atoms with E-state index in [2.05, 4.69) is 0 Å². The molecule has 2 aromatic rings. The molecule has 0 heterocycles. The van der Waals surface area contributed by atoms with Crippen LogP contribution >= 0.6 is 34.8 Å². The molecular weight excluding hydrogens is 307 g/mol. The fourth-order valence-corrected chi connectivity index (χ4v) is 0.856. The second-order valence-electron chi connectivity index (χ2n) is 3.45. The van der Waals surface area contributed by atoms with Crippen molar-refractivity contribution in [3.05, 3.63) is 60.7 Å². The van der Waals surface area contributed by atoms with E-state index in [1.807, 2.05) is 12.1 Å². The summed E-state index contributed by atoms with van der Waals surface area (Å²) >= 11 is 15.2. The van der Waals surface area contributed by atoms with E-state index in [4.69, 9.17) is 45.0 Å². The minimum Gasteiger partial charge on any atom is -0.508 e. The molecule has 0 saturated carbocycles. The third-order valence-electron chi connectivity index (χ3n) is 1.51. The Kier molecular flexibility index (Phi) is 9.23. The summed E-state index contributed by atoms with van der Waals surface area (Å²) in [5, 5.41) is 17.3. The fourth-order valence-electron chi connectivity index (χ4n) is 0.856. The van der Waals surface area contributed by atoms with Crippen LogP contribution in [0.1, 0.15) is 6.92 Å². The summed E-state index contributed by atoms with van der Waals surface area (Å²) in [4.78, 5) is 0. The minimum absolute atomic E-state index is 0.322. The molecule has 2 aromatic carbocycles. The summed E-state index contributed by atoms with van der Waals surface area (Å²) in [6.07, 6.45) is 0. The van der Waals surface area contributed by atoms with Crippen molar-refractivity contribution in [2.75, 3.05) is 0 Å². The summed E-state index contributed by atoms with van der Waals surface area (Å²) in [6, 6.07) is 17.4. The van der Waals surface area contributed by atoms with Crippen molar-refractivity contribution in [2.45, 2.75) is 10.7 Å². The molecule has 0 spiro atoms. The maximum atomic E-state index is 8.63. The highest BCUT2D eigenvalue weighted by atomic mass is 35.6. The maximum Gasteiger partial charge on any atom is 0.187 e. The second-order valence-corrected chi connectivity index (χ2v) is 6.30. The van der Waals surface area contributed by atoms with Gasteiger partial charge in [0.1, 0.15) is 11.5 Å². The zero-order chi connectivity index (χ0) is 14.7. The topological polar surface area (TPSA) is 40.5 Å². The van der Waals surface area contributed by atoms with E-state index in [9.17, 15) is 0 Å². The van der Waals surface area contributed by atoms with Gasteiger partial charge in [0.2, 0.25) is 0 Å². The van der Waals surface area contributed by atoms with Crippen LogP contribution in [0, 0.1) is 0 Å². The van der Waals surface area contributed by atoms with Crippen LogP contribution in [0.5, 0.6) is 11.5 Å². The molecule has 0 aliphatic rings. The summed E-state index contributed by atoms with van der Waals surface area (Å²) in [6.45, 7) is 1.48. The van der Waals surface area contributed by atoms with Crippen molar-refractivity contribution in [1.29, 1.82) is 0 Å². The monoisotopic (exact) mass is 320 g/mol. The average Bonchev–Trinajstić information content (AvgIpc) is 2.29. The number of para-hydroxylation sites is 2. The average molecular weight is 322 g/mol. The maximum absolute atomic E-state index is 8.63. The first-order chi connectivity index (χ1) is 8.79. The van der Waals surface area contributed by atoms with Crippen molar-refractivity contribution in [3.63, 3.8) is 0 Å². The van der Waals surface area contributed by atoms with Gasteiger partial charge in [-0.15, -0.1) is 0 Å². The van der Waals surface area contributed by atoms with Crippen molar-refractivity contribution >= 4 is 34.8 Å². The molecule has 0 radical (unpaired) electrons. The lowest BCUT2D eigenvalue weighted by molar-refractivity contribution is 0.475. The molecule has 0 bridgehead atoms. The van der Waals surface area contributed by atoms with Gasteiger partial charge in [-0.2, -0.15) is 0 Å². The highest BCUT2D eigenvalue weighted by Crippen LogP contribution is 2.23. The van der Waals surface area contributed by atoms with Crippen molar-refractivity contribution in [2.24, 2.45) is 0 Å². The molecule has 0 atom stereocenters. The Labute approximate surface area is 128 Å². The molecule has 0 saturated heterocycles. The molecule has 104 valence electrons. The Morgan fingerprint density at radius 3 is 1.00 bits per heavy atom. The van der Waals surface area contributed by atoms with Gasteiger partial charge in [-0.1, -0.05) is 71.2 Å². The lowest BCUT2D eigenvalue weighted by Gasteiger charge is -1.94. The van der Waals surface area contributed by atoms with Gasteiger partial charge < -0.3 is 10.2 Å². The Balaban J connectivity index is 0.000000261. The van der Waals surface area contributed by atoms with E-state index in [0.29, 0.717) is 11.5 Å². The number of benzene rings is 2. The van der Waals surface area contributed by atoms with Crippen LogP contribution in [0.3, 0.4) is 0 Å². The number of alkyl halides is 3. The molecule has 0 aromatic heterocycles. The molecule has 2 rings (SSSR count). The molecule has 0 fully saturated rings. The Bertz CT molecular complexity index is 384. The predicted molar refractivity (Wildman–Crippen MR) is 82.2 cm³/mol. The number of phenolic OH excluding ortho intramolecular Hbond substituents is 2. The van der Waals surface area contributed by atoms with Gasteiger partial charge in [0.05, 0.1) is 0 Å². The van der Waals surface area contributed by atoms with E-state index in [0.717, 1.165) is 0 Å². The Morgan fingerprint density at radius 1 is 0.684 bits per heavy atom. The van der Waals surface area contributed by atoms with Gasteiger partial charge >= 0.3 is 0 Å². The normalized spacial score (nSPS) is 9.47. The van der Waals surface area contributed by atoms with Crippen LogP contribution < -0.4 is 0 Å². The summed E-state index contributed by atoms with van der Waals surface area (Å²) in [5.74, 6) is 0.644. The van der Waals surface area contributed by atoms with Crippen molar-refractivity contribution in [3.8, 4) is 11.5 Å². The minimum atomic E-state index is -1.08. The van der Waals surface area contributed by atoms with Crippen LogP contribution in [0.2, 0.25) is 0 Å². The van der Waals surface area contributed by atoms with Crippen LogP contribution in [0.4, 0.5) is 0 Å². The molecule has 5 heteroatoms. The molecule has 2 N–H and O–H groups in total. The van der Waals surface area contributed by atoms with Crippen LogP contribution in [-0.2, 0) is 0 Å². The molecular formula is C14H15Cl3O2. The Hall–Kier alpha value is -1.09. The predicted octanol–water partition coefficient (Wildman–Crippen LogP) is 5.16. The first-order valence-electron chi connectivity index (χ1n) is 5.34. The van der Waals surface area contributed by atoms with Crippen LogP contribution in [0.15, 0.2) is 60.7 Å². The number of phenols is 2. The second kappa shape index (κ2) is 9.79. The van der Waals surface area contributed by atoms with Gasteiger partial charge in [0.15, 0.2) is 3.79 Å². The number of hydrogen-bond donors (Lipinski definition) is 2. The standard InChI is InChI=1S/2C6H6O.C2H3Cl3/c2*7-6-4-2-1-3-5-6;1-2(3,4)5/h2*1-5,7H;1H3. The lowest BCUT2D eigenvalue weighted by atomic mass is 10.3. The first kappa shape index (κ1) is 17.9. The molecule has 0 unspecified atom stereocenters. The van der Waals surface area contributed by atoms with Gasteiger partial charge in [-0.3, -0.25) is 0 Å². The highest BCUT2D eigenvalue weighted by molar-refractivity contribution is 6.67. The molecule has 0 aliphatic carbocycles. The fraction of sp³-hybridized carbons (Fsp3) is 0.143. The van der Waals surface area contributed by atoms with Crippen LogP contribution in [-0.4, -0.2) is 14.0 Å². The van der Waals surface area contributed by atoms with E-state index in [1.165, 1.54) is 6.92 Å². The number of halogens is 3. The number of hydrogen-bond acceptors (Lipinski definition) is 2. The SMILES string of the molecule is CC(Cl)(Cl)Cl.Oc1ccccc1.Oc1ccccc1. The van der Waals surface area contributed by atoms with E-state index in [-0.39, 0.29) is 0 Å². The molecule has 19 heavy (non-hydrogen) atoms. The van der Waals surface area contributed by atoms with Crippen molar-refractivity contribution in [1.82, 2.24) is 0 Å². The quantitative estimate of drug-likeness (QED) is 0.658. The van der Waals surface area contributed by atoms with Gasteiger partial charge in [-0.25, -0.2) is 0 Å². The number of aromatic hydroxyl groups is 2. The number of rotatable bonds is 0. The largest absolute Gasteiger partial charge is 0.508 e. The third-order valence-corrected chi connectivity index (χ3v) is 1.51. The highest BCUT2D eigenvalue weighted by Gasteiger charge is 2.07. The van der Waals surface area contributed by atoms with Crippen molar-refractivity contribution < 1.29 is 10.2 Å². The van der Waals surface area contributed by atoms with E-state index in [1.54, 1.807) is 48.5 Å². The zero-order valence-corrected chi connectivity index (χ0v) is 12.6. The Morgan fingerprint density at radius 2 is 0.895 bits per heavy atom. The van der Waals surface area contributed by atoms with E-state index < -0.39 is 3.79 Å². The lowest BCUT2D eigenvalue weighted by Crippen LogP contribution is -1.87.